The standard InChI is InChI=1S/C13H9FN2OS/c14-8-5-6-9(15)12(7-8)18-13-16-10-3-1-2-4-11(10)17-13/h1-7H,15H2. The van der Waals surface area contributed by atoms with Gasteiger partial charge in [-0.05, 0) is 42.1 Å². The molecule has 0 radical (unpaired) electrons. The van der Waals surface area contributed by atoms with Crippen LogP contribution in [0.2, 0.25) is 0 Å². The van der Waals surface area contributed by atoms with Crippen LogP contribution in [0.5, 0.6) is 0 Å². The van der Waals surface area contributed by atoms with Gasteiger partial charge in [0, 0.05) is 10.6 Å². The van der Waals surface area contributed by atoms with E-state index in [-0.39, 0.29) is 5.82 Å². The summed E-state index contributed by atoms with van der Waals surface area (Å²) in [7, 11) is 0. The molecule has 90 valence electrons. The third-order valence-electron chi connectivity index (χ3n) is 2.45. The second-order valence-electron chi connectivity index (χ2n) is 3.73. The van der Waals surface area contributed by atoms with Crippen molar-refractivity contribution in [3.8, 4) is 0 Å². The van der Waals surface area contributed by atoms with E-state index in [2.05, 4.69) is 4.98 Å². The third kappa shape index (κ3) is 2.04. The Morgan fingerprint density at radius 3 is 2.83 bits per heavy atom. The van der Waals surface area contributed by atoms with E-state index in [0.29, 0.717) is 21.4 Å². The number of rotatable bonds is 2. The molecule has 0 bridgehead atoms. The number of fused-ring (bicyclic) bond motifs is 1. The Morgan fingerprint density at radius 1 is 1.17 bits per heavy atom. The van der Waals surface area contributed by atoms with Gasteiger partial charge in [0.05, 0.1) is 0 Å². The number of halogens is 1. The van der Waals surface area contributed by atoms with E-state index >= 15 is 0 Å². The van der Waals surface area contributed by atoms with Gasteiger partial charge in [0.1, 0.15) is 11.3 Å². The van der Waals surface area contributed by atoms with Gasteiger partial charge in [0.15, 0.2) is 5.58 Å². The molecule has 18 heavy (non-hydrogen) atoms. The van der Waals surface area contributed by atoms with Crippen LogP contribution in [0.15, 0.2) is 57.0 Å². The summed E-state index contributed by atoms with van der Waals surface area (Å²) in [6.07, 6.45) is 0. The molecule has 0 saturated carbocycles. The first-order valence-corrected chi connectivity index (χ1v) is 6.12. The quantitative estimate of drug-likeness (QED) is 0.714. The minimum atomic E-state index is -0.331. The fraction of sp³-hybridized carbons (Fsp3) is 0. The van der Waals surface area contributed by atoms with Crippen LogP contribution in [0.4, 0.5) is 10.1 Å². The molecule has 2 N–H and O–H groups in total. The number of anilines is 1. The Labute approximate surface area is 107 Å². The topological polar surface area (TPSA) is 52.0 Å². The molecule has 0 fully saturated rings. The maximum Gasteiger partial charge on any atom is 0.261 e. The van der Waals surface area contributed by atoms with Gasteiger partial charge < -0.3 is 10.2 Å². The summed E-state index contributed by atoms with van der Waals surface area (Å²) < 4.78 is 18.7. The van der Waals surface area contributed by atoms with Crippen molar-refractivity contribution in [1.82, 2.24) is 4.98 Å². The number of aromatic nitrogens is 1. The van der Waals surface area contributed by atoms with Crippen LogP contribution < -0.4 is 5.73 Å². The molecule has 0 saturated heterocycles. The van der Waals surface area contributed by atoms with Gasteiger partial charge in [0.25, 0.3) is 5.22 Å². The van der Waals surface area contributed by atoms with Crippen molar-refractivity contribution in [3.63, 3.8) is 0 Å². The Bertz CT molecular complexity index is 678. The highest BCUT2D eigenvalue weighted by molar-refractivity contribution is 7.99. The smallest absolute Gasteiger partial charge is 0.261 e. The zero-order chi connectivity index (χ0) is 12.5. The average Bonchev–Trinajstić information content (AvgIpc) is 2.76. The first-order chi connectivity index (χ1) is 8.72. The SMILES string of the molecule is Nc1ccc(F)cc1Sc1nc2ccccc2o1. The van der Waals surface area contributed by atoms with Crippen LogP contribution in [-0.2, 0) is 0 Å². The normalized spacial score (nSPS) is 10.9. The van der Waals surface area contributed by atoms with Crippen molar-refractivity contribution in [3.05, 3.63) is 48.3 Å². The number of nitrogens with zero attached hydrogens (tertiary/aromatic N) is 1. The fourth-order valence-electron chi connectivity index (χ4n) is 1.59. The molecule has 3 rings (SSSR count). The highest BCUT2D eigenvalue weighted by atomic mass is 32.2. The first-order valence-electron chi connectivity index (χ1n) is 5.31. The second kappa shape index (κ2) is 4.34. The molecule has 5 heteroatoms. The molecule has 3 aromatic rings. The Morgan fingerprint density at radius 2 is 2.00 bits per heavy atom. The summed E-state index contributed by atoms with van der Waals surface area (Å²) >= 11 is 1.21. The summed E-state index contributed by atoms with van der Waals surface area (Å²) in [5.74, 6) is -0.331. The van der Waals surface area contributed by atoms with Gasteiger partial charge >= 0.3 is 0 Å². The van der Waals surface area contributed by atoms with Crippen LogP contribution >= 0.6 is 11.8 Å². The molecule has 0 atom stereocenters. The summed E-state index contributed by atoms with van der Waals surface area (Å²) in [5.41, 5.74) is 7.75. The van der Waals surface area contributed by atoms with E-state index < -0.39 is 0 Å². The predicted molar refractivity (Wildman–Crippen MR) is 68.9 cm³/mol. The zero-order valence-electron chi connectivity index (χ0n) is 9.26. The van der Waals surface area contributed by atoms with Crippen molar-refractivity contribution in [1.29, 1.82) is 0 Å². The van der Waals surface area contributed by atoms with Gasteiger partial charge in [-0.2, -0.15) is 0 Å². The van der Waals surface area contributed by atoms with Crippen molar-refractivity contribution in [2.75, 3.05) is 5.73 Å². The predicted octanol–water partition coefficient (Wildman–Crippen LogP) is 3.70. The van der Waals surface area contributed by atoms with Gasteiger partial charge in [0.2, 0.25) is 0 Å². The van der Waals surface area contributed by atoms with Gasteiger partial charge in [-0.1, -0.05) is 12.1 Å². The summed E-state index contributed by atoms with van der Waals surface area (Å²) in [4.78, 5) is 4.90. The number of para-hydroxylation sites is 2. The van der Waals surface area contributed by atoms with Crippen LogP contribution in [-0.4, -0.2) is 4.98 Å². The van der Waals surface area contributed by atoms with Crippen molar-refractivity contribution in [2.45, 2.75) is 10.1 Å². The molecule has 3 nitrogen and oxygen atoms in total. The Balaban J connectivity index is 1.98. The number of hydrogen-bond donors (Lipinski definition) is 1. The van der Waals surface area contributed by atoms with Crippen molar-refractivity contribution in [2.24, 2.45) is 0 Å². The fourth-order valence-corrected chi connectivity index (χ4v) is 2.41. The van der Waals surface area contributed by atoms with E-state index in [4.69, 9.17) is 10.2 Å². The van der Waals surface area contributed by atoms with Gasteiger partial charge in [-0.15, -0.1) is 0 Å². The van der Waals surface area contributed by atoms with Gasteiger partial charge in [-0.25, -0.2) is 9.37 Å². The third-order valence-corrected chi connectivity index (χ3v) is 3.37. The van der Waals surface area contributed by atoms with E-state index in [0.717, 1.165) is 5.52 Å². The molecular weight excluding hydrogens is 251 g/mol. The van der Waals surface area contributed by atoms with E-state index in [9.17, 15) is 4.39 Å². The minimum absolute atomic E-state index is 0.331. The van der Waals surface area contributed by atoms with Gasteiger partial charge in [-0.3, -0.25) is 0 Å². The number of benzene rings is 2. The van der Waals surface area contributed by atoms with E-state index in [1.807, 2.05) is 24.3 Å². The van der Waals surface area contributed by atoms with Crippen molar-refractivity contribution >= 4 is 28.5 Å². The molecule has 0 aliphatic heterocycles. The number of hydrogen-bond acceptors (Lipinski definition) is 4. The second-order valence-corrected chi connectivity index (χ2v) is 4.72. The lowest BCUT2D eigenvalue weighted by Gasteiger charge is -2.01. The molecule has 0 aliphatic carbocycles. The lowest BCUT2D eigenvalue weighted by Crippen LogP contribution is -1.89. The molecule has 1 aromatic heterocycles. The average molecular weight is 260 g/mol. The molecule has 1 heterocycles. The molecule has 0 aliphatic rings. The summed E-state index contributed by atoms with van der Waals surface area (Å²) in [6, 6.07) is 11.7. The number of nitrogen functional groups attached to an aromatic ring is 1. The first kappa shape index (κ1) is 11.1. The van der Waals surface area contributed by atoms with Crippen LogP contribution in [0.1, 0.15) is 0 Å². The largest absolute Gasteiger partial charge is 0.431 e. The molecular formula is C13H9FN2OS. The molecule has 0 amide bonds. The lowest BCUT2D eigenvalue weighted by atomic mass is 10.3. The maximum absolute atomic E-state index is 13.1. The highest BCUT2D eigenvalue weighted by Gasteiger charge is 2.09. The molecule has 0 unspecified atom stereocenters. The summed E-state index contributed by atoms with van der Waals surface area (Å²) in [5, 5.41) is 0.452. The van der Waals surface area contributed by atoms with Crippen LogP contribution in [0.25, 0.3) is 11.1 Å². The van der Waals surface area contributed by atoms with Crippen molar-refractivity contribution < 1.29 is 8.81 Å². The summed E-state index contributed by atoms with van der Waals surface area (Å²) in [6.45, 7) is 0. The van der Waals surface area contributed by atoms with E-state index in [1.165, 1.54) is 30.0 Å². The lowest BCUT2D eigenvalue weighted by molar-refractivity contribution is 0.489. The minimum Gasteiger partial charge on any atom is -0.431 e. The number of oxazole rings is 1. The maximum atomic E-state index is 13.1. The van der Waals surface area contributed by atoms with Crippen LogP contribution in [0, 0.1) is 5.82 Å². The molecule has 0 spiro atoms. The van der Waals surface area contributed by atoms with Crippen LogP contribution in [0.3, 0.4) is 0 Å². The zero-order valence-corrected chi connectivity index (χ0v) is 10.1. The highest BCUT2D eigenvalue weighted by Crippen LogP contribution is 2.33. The Kier molecular flexibility index (Phi) is 2.68. The molecule has 2 aromatic carbocycles. The van der Waals surface area contributed by atoms with E-state index in [1.54, 1.807) is 0 Å². The number of nitrogens with two attached hydrogens (primary N) is 1. The Hall–Kier alpha value is -2.01. The monoisotopic (exact) mass is 260 g/mol.